The molecule has 0 aliphatic carbocycles. The number of hydrogen-bond donors (Lipinski definition) is 0. The third-order valence-electron chi connectivity index (χ3n) is 6.27. The molecule has 0 fully saturated rings. The summed E-state index contributed by atoms with van der Waals surface area (Å²) in [6.07, 6.45) is 0. The monoisotopic (exact) mass is 716 g/mol. The van der Waals surface area contributed by atoms with Gasteiger partial charge in [-0.2, -0.15) is 0 Å². The smallest absolute Gasteiger partial charge is 0.0398 e. The molecule has 0 aromatic heterocycles. The molecule has 0 unspecified atom stereocenters. The Bertz CT molecular complexity index is 1240. The first-order valence-corrected chi connectivity index (χ1v) is 18.4. The molecule has 0 bridgehead atoms. The average molecular weight is 717 g/mol. The van der Waals surface area contributed by atoms with Crippen molar-refractivity contribution in [1.29, 1.82) is 0 Å². The molecule has 9 rings (SSSR count). The van der Waals surface area contributed by atoms with Crippen molar-refractivity contribution in [2.24, 2.45) is 0 Å². The van der Waals surface area contributed by atoms with Crippen LogP contribution in [0, 0.1) is 6.92 Å². The zero-order chi connectivity index (χ0) is 39.1. The van der Waals surface area contributed by atoms with Gasteiger partial charge in [-0.15, -0.1) is 0 Å². The molecule has 0 amide bonds. The van der Waals surface area contributed by atoms with Crippen molar-refractivity contribution in [2.75, 3.05) is 0 Å². The molecule has 0 atom stereocenters. The first kappa shape index (κ1) is 46.0. The zero-order valence-corrected chi connectivity index (χ0v) is 32.1. The van der Waals surface area contributed by atoms with Gasteiger partial charge >= 0.3 is 0 Å². The van der Waals surface area contributed by atoms with Gasteiger partial charge < -0.3 is 0 Å². The number of benzene rings is 9. The Labute approximate surface area is 332 Å². The van der Waals surface area contributed by atoms with Crippen LogP contribution in [-0.2, 0) is 0 Å². The van der Waals surface area contributed by atoms with Crippen LogP contribution in [0.5, 0.6) is 0 Å². The molecule has 0 radical (unpaired) electrons. The molecule has 0 heterocycles. The molecule has 0 nitrogen and oxygen atoms in total. The van der Waals surface area contributed by atoms with Crippen LogP contribution in [0.1, 0.15) is 5.56 Å². The van der Waals surface area contributed by atoms with Crippen molar-refractivity contribution >= 4 is 0 Å². The Balaban J connectivity index is 0.000000309. The summed E-state index contributed by atoms with van der Waals surface area (Å²) in [6.45, 7) is 2.08. The van der Waals surface area contributed by atoms with Crippen LogP contribution in [-0.4, -0.2) is 0 Å². The molecular formula is C55H56. The standard InChI is InChI=1S/C7H8.8C6H6/c1-7-5-3-2-4-6-7;8*1-2-4-6-5-3-1/h2-6H,1H3;8*1-6H. The zero-order valence-electron chi connectivity index (χ0n) is 32.1. The predicted molar refractivity (Wildman–Crippen MR) is 243 cm³/mol. The van der Waals surface area contributed by atoms with Gasteiger partial charge in [0.05, 0.1) is 0 Å². The predicted octanol–water partition coefficient (Wildman–Crippen LogP) is 15.5. The van der Waals surface area contributed by atoms with E-state index in [9.17, 15) is 0 Å². The normalized spacial score (nSPS) is 8.09. The lowest BCUT2D eigenvalue weighted by Crippen LogP contribution is -1.62. The first-order chi connectivity index (χ1) is 27.4. The van der Waals surface area contributed by atoms with Gasteiger partial charge in [0, 0.05) is 0 Å². The van der Waals surface area contributed by atoms with E-state index in [-0.39, 0.29) is 0 Å². The fourth-order valence-corrected chi connectivity index (χ4v) is 3.61. The minimum atomic E-state index is 1.32. The summed E-state index contributed by atoms with van der Waals surface area (Å²) in [6, 6.07) is 106. The largest absolute Gasteiger partial charge is 0.0623 e. The Morgan fingerprint density at radius 1 is 0.127 bits per heavy atom. The Kier molecular flexibility index (Phi) is 34.6. The second kappa shape index (κ2) is 41.4. The fraction of sp³-hybridized carbons (Fsp3) is 0.0182. The number of rotatable bonds is 0. The lowest BCUT2D eigenvalue weighted by atomic mass is 10.2. The highest BCUT2D eigenvalue weighted by atomic mass is 13.8. The van der Waals surface area contributed by atoms with Crippen molar-refractivity contribution in [3.63, 3.8) is 0 Å². The van der Waals surface area contributed by atoms with Gasteiger partial charge in [0.15, 0.2) is 0 Å². The van der Waals surface area contributed by atoms with E-state index in [0.717, 1.165) is 0 Å². The molecule has 0 saturated heterocycles. The maximum Gasteiger partial charge on any atom is -0.0398 e. The number of hydrogen-bond acceptors (Lipinski definition) is 0. The highest BCUT2D eigenvalue weighted by Gasteiger charge is 1.72. The van der Waals surface area contributed by atoms with E-state index in [0.29, 0.717) is 0 Å². The lowest BCUT2D eigenvalue weighted by molar-refractivity contribution is 1.48. The van der Waals surface area contributed by atoms with Crippen molar-refractivity contribution in [3.05, 3.63) is 327 Å². The van der Waals surface area contributed by atoms with Gasteiger partial charge in [0.2, 0.25) is 0 Å². The molecule has 0 saturated carbocycles. The Morgan fingerprint density at radius 2 is 0.200 bits per heavy atom. The summed E-state index contributed by atoms with van der Waals surface area (Å²) in [5, 5.41) is 0. The maximum atomic E-state index is 2.08. The van der Waals surface area contributed by atoms with Crippen LogP contribution in [0.25, 0.3) is 0 Å². The average Bonchev–Trinajstić information content (AvgIpc) is 3.33. The fourth-order valence-electron chi connectivity index (χ4n) is 3.61. The van der Waals surface area contributed by atoms with Gasteiger partial charge in [-0.25, -0.2) is 0 Å². The summed E-state index contributed by atoms with van der Waals surface area (Å²) in [5.74, 6) is 0. The summed E-state index contributed by atoms with van der Waals surface area (Å²) < 4.78 is 0. The molecule has 0 N–H and O–H groups in total. The van der Waals surface area contributed by atoms with Crippen LogP contribution < -0.4 is 0 Å². The second-order valence-electron chi connectivity index (χ2n) is 10.9. The van der Waals surface area contributed by atoms with E-state index >= 15 is 0 Å². The third-order valence-corrected chi connectivity index (χ3v) is 6.27. The highest BCUT2D eigenvalue weighted by molar-refractivity contribution is 5.12. The first-order valence-electron chi connectivity index (χ1n) is 18.4. The number of aryl methyl sites for hydroxylation is 1. The molecular weight excluding hydrogens is 661 g/mol. The van der Waals surface area contributed by atoms with Crippen LogP contribution in [0.3, 0.4) is 0 Å². The van der Waals surface area contributed by atoms with Crippen LogP contribution >= 0.6 is 0 Å². The van der Waals surface area contributed by atoms with E-state index in [2.05, 4.69) is 19.1 Å². The van der Waals surface area contributed by atoms with Gasteiger partial charge in [0.1, 0.15) is 0 Å². The molecule has 0 heteroatoms. The SMILES string of the molecule is Cc1ccccc1.c1ccccc1.c1ccccc1.c1ccccc1.c1ccccc1.c1ccccc1.c1ccccc1.c1ccccc1.c1ccccc1. The minimum absolute atomic E-state index is 1.32. The van der Waals surface area contributed by atoms with Crippen molar-refractivity contribution in [2.45, 2.75) is 6.92 Å². The molecule has 276 valence electrons. The summed E-state index contributed by atoms with van der Waals surface area (Å²) in [4.78, 5) is 0. The maximum absolute atomic E-state index is 2.08. The van der Waals surface area contributed by atoms with Gasteiger partial charge in [-0.1, -0.05) is 327 Å². The molecule has 9 aromatic carbocycles. The molecule has 55 heavy (non-hydrogen) atoms. The highest BCUT2D eigenvalue weighted by Crippen LogP contribution is 1.92. The van der Waals surface area contributed by atoms with E-state index in [1.165, 1.54) is 5.56 Å². The molecule has 9 aromatic rings. The minimum Gasteiger partial charge on any atom is -0.0623 e. The summed E-state index contributed by atoms with van der Waals surface area (Å²) >= 11 is 0. The quantitative estimate of drug-likeness (QED) is 0.147. The van der Waals surface area contributed by atoms with Gasteiger partial charge in [-0.3, -0.25) is 0 Å². The van der Waals surface area contributed by atoms with Crippen LogP contribution in [0.2, 0.25) is 0 Å². The van der Waals surface area contributed by atoms with Gasteiger partial charge in [-0.05, 0) is 6.92 Å². The molecule has 0 spiro atoms. The Morgan fingerprint density at radius 3 is 0.255 bits per heavy atom. The second-order valence-corrected chi connectivity index (χ2v) is 10.9. The van der Waals surface area contributed by atoms with E-state index < -0.39 is 0 Å². The van der Waals surface area contributed by atoms with Crippen molar-refractivity contribution < 1.29 is 0 Å². The molecule has 0 aliphatic heterocycles. The summed E-state index contributed by atoms with van der Waals surface area (Å²) in [7, 11) is 0. The Hall–Kier alpha value is -7.02. The van der Waals surface area contributed by atoms with Crippen molar-refractivity contribution in [3.8, 4) is 0 Å². The summed E-state index contributed by atoms with van der Waals surface area (Å²) in [5.41, 5.74) is 1.32. The molecule has 0 aliphatic rings. The lowest BCUT2D eigenvalue weighted by Gasteiger charge is -1.82. The van der Waals surface area contributed by atoms with E-state index in [1.807, 2.05) is 309 Å². The third kappa shape index (κ3) is 39.6. The van der Waals surface area contributed by atoms with Crippen molar-refractivity contribution in [1.82, 2.24) is 0 Å². The van der Waals surface area contributed by atoms with Gasteiger partial charge in [0.25, 0.3) is 0 Å². The van der Waals surface area contributed by atoms with Crippen LogP contribution in [0.4, 0.5) is 0 Å². The van der Waals surface area contributed by atoms with Crippen LogP contribution in [0.15, 0.2) is 322 Å². The van der Waals surface area contributed by atoms with E-state index in [4.69, 9.17) is 0 Å². The topological polar surface area (TPSA) is 0 Å². The van der Waals surface area contributed by atoms with E-state index in [1.54, 1.807) is 0 Å².